The van der Waals surface area contributed by atoms with Crippen molar-refractivity contribution >= 4 is 47.0 Å². The zero-order chi connectivity index (χ0) is 27.9. The second kappa shape index (κ2) is 12.6. The molecule has 0 spiro atoms. The van der Waals surface area contributed by atoms with Crippen LogP contribution in [0, 0.1) is 0 Å². The van der Waals surface area contributed by atoms with Gasteiger partial charge in [0.15, 0.2) is 0 Å². The van der Waals surface area contributed by atoms with Crippen LogP contribution < -0.4 is 16.4 Å². The number of carbonyl (C=O) groups excluding carboxylic acids is 4. The first-order valence-corrected chi connectivity index (χ1v) is 12.9. The summed E-state index contributed by atoms with van der Waals surface area (Å²) in [4.78, 5) is 51.7. The summed E-state index contributed by atoms with van der Waals surface area (Å²) in [5, 5.41) is 4.62. The number of nitrogens with one attached hydrogen (secondary N) is 2. The predicted octanol–water partition coefficient (Wildman–Crippen LogP) is 3.74. The van der Waals surface area contributed by atoms with Gasteiger partial charge >= 0.3 is 12.0 Å². The molecule has 0 saturated carbocycles. The van der Waals surface area contributed by atoms with Gasteiger partial charge in [0.2, 0.25) is 0 Å². The number of carbonyl (C=O) groups is 4. The second-order valence-corrected chi connectivity index (χ2v) is 9.81. The molecule has 202 valence electrons. The minimum Gasteiger partial charge on any atom is -0.459 e. The van der Waals surface area contributed by atoms with Crippen molar-refractivity contribution < 1.29 is 23.9 Å². The molecule has 0 aliphatic carbocycles. The molecule has 3 aromatic carbocycles. The molecule has 4 amide bonds. The first-order valence-electron chi connectivity index (χ1n) is 12.1. The van der Waals surface area contributed by atoms with Crippen LogP contribution in [0.5, 0.6) is 0 Å². The zero-order valence-corrected chi connectivity index (χ0v) is 22.2. The van der Waals surface area contributed by atoms with E-state index in [2.05, 4.69) is 10.6 Å². The molecule has 1 heterocycles. The second-order valence-electron chi connectivity index (χ2n) is 9.00. The van der Waals surface area contributed by atoms with Crippen LogP contribution in [0.25, 0.3) is 0 Å². The maximum absolute atomic E-state index is 13.1. The van der Waals surface area contributed by atoms with Gasteiger partial charge in [0, 0.05) is 24.6 Å². The summed E-state index contributed by atoms with van der Waals surface area (Å²) >= 11 is 12.7. The summed E-state index contributed by atoms with van der Waals surface area (Å²) in [5.74, 6) is -1.60. The smallest absolute Gasteiger partial charge is 0.330 e. The van der Waals surface area contributed by atoms with E-state index in [1.807, 2.05) is 36.4 Å². The van der Waals surface area contributed by atoms with Crippen LogP contribution in [0.2, 0.25) is 10.0 Å². The van der Waals surface area contributed by atoms with Gasteiger partial charge in [-0.25, -0.2) is 9.59 Å². The molecule has 1 aliphatic rings. The highest BCUT2D eigenvalue weighted by atomic mass is 35.5. The molecular formula is C28H26Cl2N4O5. The Balaban J connectivity index is 1.42. The first kappa shape index (κ1) is 27.9. The molecule has 1 fully saturated rings. The highest BCUT2D eigenvalue weighted by Gasteiger charge is 2.33. The Morgan fingerprint density at radius 1 is 0.949 bits per heavy atom. The number of primary amides is 1. The third-order valence-corrected chi connectivity index (χ3v) is 6.85. The van der Waals surface area contributed by atoms with E-state index in [1.54, 1.807) is 29.2 Å². The normalized spacial score (nSPS) is 13.6. The number of nitrogens with two attached hydrogens (primary N) is 1. The SMILES string of the molecule is NC(=O)NC[C@H](NC(=O)c1c(Cl)cc(C(=O)N2CC(c3ccccc3)C2)cc1Cl)C(=O)OCc1ccccc1. The Kier molecular flexibility index (Phi) is 9.06. The number of hydrogen-bond acceptors (Lipinski definition) is 5. The standard InChI is InChI=1S/C28H26Cl2N4O5/c29-21-11-19(26(36)34-14-20(15-34)18-9-5-2-6-10-18)12-22(30)24(21)25(35)33-23(13-32-28(31)38)27(37)39-16-17-7-3-1-4-8-17/h1-12,20,23H,13-16H2,(H,33,35)(H3,31,32,38)/t23-/m0/s1. The van der Waals surface area contributed by atoms with E-state index in [9.17, 15) is 19.2 Å². The van der Waals surface area contributed by atoms with Gasteiger partial charge in [0.1, 0.15) is 12.6 Å². The Morgan fingerprint density at radius 3 is 2.13 bits per heavy atom. The summed E-state index contributed by atoms with van der Waals surface area (Å²) in [6, 6.07) is 19.4. The van der Waals surface area contributed by atoms with Crippen molar-refractivity contribution in [2.75, 3.05) is 19.6 Å². The average molecular weight is 569 g/mol. The van der Waals surface area contributed by atoms with Gasteiger partial charge in [0.05, 0.1) is 22.2 Å². The fourth-order valence-electron chi connectivity index (χ4n) is 4.13. The summed E-state index contributed by atoms with van der Waals surface area (Å²) in [6.45, 7) is 0.751. The van der Waals surface area contributed by atoms with E-state index in [4.69, 9.17) is 33.7 Å². The highest BCUT2D eigenvalue weighted by molar-refractivity contribution is 6.40. The van der Waals surface area contributed by atoms with Crippen LogP contribution in [0.15, 0.2) is 72.8 Å². The molecule has 1 aliphatic heterocycles. The highest BCUT2D eigenvalue weighted by Crippen LogP contribution is 2.31. The van der Waals surface area contributed by atoms with E-state index in [1.165, 1.54) is 12.1 Å². The van der Waals surface area contributed by atoms with Crippen LogP contribution in [0.3, 0.4) is 0 Å². The van der Waals surface area contributed by atoms with Crippen molar-refractivity contribution in [2.45, 2.75) is 18.6 Å². The molecule has 0 bridgehead atoms. The zero-order valence-electron chi connectivity index (χ0n) is 20.7. The van der Waals surface area contributed by atoms with Crippen molar-refractivity contribution in [3.8, 4) is 0 Å². The number of ether oxygens (including phenoxy) is 1. The molecule has 3 aromatic rings. The van der Waals surface area contributed by atoms with Crippen molar-refractivity contribution in [1.82, 2.24) is 15.5 Å². The van der Waals surface area contributed by atoms with E-state index in [-0.39, 0.29) is 46.1 Å². The summed E-state index contributed by atoms with van der Waals surface area (Å²) in [7, 11) is 0. The number of amides is 4. The number of esters is 1. The van der Waals surface area contributed by atoms with Gasteiger partial charge in [-0.2, -0.15) is 0 Å². The molecule has 4 N–H and O–H groups in total. The topological polar surface area (TPSA) is 131 Å². The van der Waals surface area contributed by atoms with Crippen molar-refractivity contribution in [1.29, 1.82) is 0 Å². The summed E-state index contributed by atoms with van der Waals surface area (Å²) < 4.78 is 5.29. The van der Waals surface area contributed by atoms with Crippen LogP contribution in [0.4, 0.5) is 4.79 Å². The van der Waals surface area contributed by atoms with Gasteiger partial charge in [-0.1, -0.05) is 83.9 Å². The van der Waals surface area contributed by atoms with E-state index in [0.29, 0.717) is 13.1 Å². The Labute approximate surface area is 235 Å². The molecule has 0 aromatic heterocycles. The van der Waals surface area contributed by atoms with E-state index in [0.717, 1.165) is 11.1 Å². The molecule has 9 nitrogen and oxygen atoms in total. The monoisotopic (exact) mass is 568 g/mol. The molecule has 39 heavy (non-hydrogen) atoms. The van der Waals surface area contributed by atoms with Crippen LogP contribution in [-0.4, -0.2) is 54.4 Å². The number of halogens is 2. The van der Waals surface area contributed by atoms with Gasteiger partial charge in [-0.15, -0.1) is 0 Å². The third kappa shape index (κ3) is 7.07. The van der Waals surface area contributed by atoms with Crippen LogP contribution >= 0.6 is 23.2 Å². The van der Waals surface area contributed by atoms with Gasteiger partial charge in [-0.3, -0.25) is 9.59 Å². The third-order valence-electron chi connectivity index (χ3n) is 6.25. The van der Waals surface area contributed by atoms with Crippen molar-refractivity contribution in [3.05, 3.63) is 105 Å². The molecule has 1 atom stereocenters. The lowest BCUT2D eigenvalue weighted by atomic mass is 9.91. The fourth-order valence-corrected chi connectivity index (χ4v) is 4.79. The first-order chi connectivity index (χ1) is 18.7. The number of benzene rings is 3. The Hall–Kier alpha value is -4.08. The largest absolute Gasteiger partial charge is 0.459 e. The average Bonchev–Trinajstić information content (AvgIpc) is 2.89. The van der Waals surface area contributed by atoms with Crippen molar-refractivity contribution in [2.24, 2.45) is 5.73 Å². The number of hydrogen-bond donors (Lipinski definition) is 3. The number of urea groups is 1. The van der Waals surface area contributed by atoms with Crippen LogP contribution in [0.1, 0.15) is 37.8 Å². The molecule has 0 radical (unpaired) electrons. The lowest BCUT2D eigenvalue weighted by Crippen LogP contribution is -2.50. The van der Waals surface area contributed by atoms with Gasteiger partial charge in [-0.05, 0) is 23.3 Å². The lowest BCUT2D eigenvalue weighted by molar-refractivity contribution is -0.147. The van der Waals surface area contributed by atoms with Crippen LogP contribution in [-0.2, 0) is 16.1 Å². The molecule has 4 rings (SSSR count). The Morgan fingerprint density at radius 2 is 1.54 bits per heavy atom. The Bertz CT molecular complexity index is 1340. The summed E-state index contributed by atoms with van der Waals surface area (Å²) in [5.41, 5.74) is 7.14. The number of rotatable bonds is 9. The van der Waals surface area contributed by atoms with Gasteiger partial charge < -0.3 is 26.0 Å². The minimum atomic E-state index is -1.28. The maximum Gasteiger partial charge on any atom is 0.330 e. The number of nitrogens with zero attached hydrogens (tertiary/aromatic N) is 1. The molecule has 0 unspecified atom stereocenters. The van der Waals surface area contributed by atoms with E-state index < -0.39 is 23.9 Å². The number of likely N-dealkylation sites (tertiary alicyclic amines) is 1. The fraction of sp³-hybridized carbons (Fsp3) is 0.214. The summed E-state index contributed by atoms with van der Waals surface area (Å²) in [6.07, 6.45) is 0. The lowest BCUT2D eigenvalue weighted by Gasteiger charge is -2.39. The molecule has 11 heteroatoms. The quantitative estimate of drug-likeness (QED) is 0.338. The van der Waals surface area contributed by atoms with Crippen molar-refractivity contribution in [3.63, 3.8) is 0 Å². The maximum atomic E-state index is 13.1. The molecular weight excluding hydrogens is 543 g/mol. The minimum absolute atomic E-state index is 0.0391. The van der Waals surface area contributed by atoms with E-state index >= 15 is 0 Å². The molecule has 1 saturated heterocycles. The predicted molar refractivity (Wildman–Crippen MR) is 147 cm³/mol. The van der Waals surface area contributed by atoms with Gasteiger partial charge in [0.25, 0.3) is 11.8 Å².